The molecule has 1 aliphatic heterocycles. The van der Waals surface area contributed by atoms with E-state index in [0.717, 1.165) is 25.3 Å². The van der Waals surface area contributed by atoms with E-state index in [1.165, 1.54) is 5.57 Å². The van der Waals surface area contributed by atoms with Gasteiger partial charge in [-0.25, -0.2) is 0 Å². The molecular formula is C17H24N2O2. The zero-order chi connectivity index (χ0) is 15.1. The molecular weight excluding hydrogens is 264 g/mol. The molecule has 0 spiro atoms. The fourth-order valence-corrected chi connectivity index (χ4v) is 2.12. The smallest absolute Gasteiger partial charge is 0.251 e. The predicted molar refractivity (Wildman–Crippen MR) is 84.7 cm³/mol. The number of rotatable bonds is 6. The van der Waals surface area contributed by atoms with Crippen LogP contribution in [0.5, 0.6) is 5.75 Å². The minimum absolute atomic E-state index is 0.0515. The van der Waals surface area contributed by atoms with Crippen LogP contribution in [-0.2, 0) is 0 Å². The largest absolute Gasteiger partial charge is 0.493 e. The fourth-order valence-electron chi connectivity index (χ4n) is 2.12. The van der Waals surface area contributed by atoms with Gasteiger partial charge in [0.05, 0.1) is 6.61 Å². The average Bonchev–Trinajstić information content (AvgIpc) is 2.52. The van der Waals surface area contributed by atoms with Crippen molar-refractivity contribution in [3.8, 4) is 5.75 Å². The van der Waals surface area contributed by atoms with Crippen molar-refractivity contribution < 1.29 is 9.53 Å². The van der Waals surface area contributed by atoms with Crippen LogP contribution in [0.1, 0.15) is 30.6 Å². The van der Waals surface area contributed by atoms with Gasteiger partial charge in [0.1, 0.15) is 5.75 Å². The van der Waals surface area contributed by atoms with Crippen LogP contribution in [0.25, 0.3) is 0 Å². The van der Waals surface area contributed by atoms with Crippen LogP contribution in [0.15, 0.2) is 35.9 Å². The molecule has 2 rings (SSSR count). The van der Waals surface area contributed by atoms with Crippen molar-refractivity contribution in [2.75, 3.05) is 26.2 Å². The van der Waals surface area contributed by atoms with E-state index < -0.39 is 0 Å². The third-order valence-electron chi connectivity index (χ3n) is 3.31. The number of benzene rings is 1. The molecule has 0 saturated carbocycles. The molecule has 4 nitrogen and oxygen atoms in total. The number of hydrogen-bond acceptors (Lipinski definition) is 3. The quantitative estimate of drug-likeness (QED) is 0.790. The normalized spacial score (nSPS) is 14.7. The Balaban J connectivity index is 1.89. The molecule has 1 aromatic rings. The maximum atomic E-state index is 12.2. The van der Waals surface area contributed by atoms with Gasteiger partial charge in [0.2, 0.25) is 0 Å². The maximum absolute atomic E-state index is 12.2. The van der Waals surface area contributed by atoms with Gasteiger partial charge in [-0.1, -0.05) is 31.6 Å². The number of nitrogens with one attached hydrogen (secondary N) is 2. The van der Waals surface area contributed by atoms with Crippen molar-refractivity contribution in [1.29, 1.82) is 0 Å². The van der Waals surface area contributed by atoms with E-state index in [1.807, 2.05) is 18.2 Å². The van der Waals surface area contributed by atoms with Gasteiger partial charge in [-0.15, -0.1) is 0 Å². The van der Waals surface area contributed by atoms with Crippen LogP contribution in [0.4, 0.5) is 0 Å². The zero-order valence-corrected chi connectivity index (χ0v) is 12.8. The Morgan fingerprint density at radius 2 is 2.29 bits per heavy atom. The first-order valence-corrected chi connectivity index (χ1v) is 7.55. The lowest BCUT2D eigenvalue weighted by Gasteiger charge is -2.15. The molecule has 1 aliphatic rings. The number of carbonyl (C=O) groups excluding carboxylic acids is 1. The molecule has 1 aromatic carbocycles. The first-order valence-electron chi connectivity index (χ1n) is 7.55. The summed E-state index contributed by atoms with van der Waals surface area (Å²) in [6.45, 7) is 7.36. The second-order valence-electron chi connectivity index (χ2n) is 5.73. The Kier molecular flexibility index (Phi) is 5.81. The summed E-state index contributed by atoms with van der Waals surface area (Å²) in [6.07, 6.45) is 3.14. The van der Waals surface area contributed by atoms with Gasteiger partial charge in [-0.05, 0) is 37.1 Å². The maximum Gasteiger partial charge on any atom is 0.251 e. The topological polar surface area (TPSA) is 50.4 Å². The number of amides is 1. The highest BCUT2D eigenvalue weighted by atomic mass is 16.5. The van der Waals surface area contributed by atoms with Crippen molar-refractivity contribution in [1.82, 2.24) is 10.6 Å². The summed E-state index contributed by atoms with van der Waals surface area (Å²) in [7, 11) is 0. The average molecular weight is 288 g/mol. The van der Waals surface area contributed by atoms with E-state index in [4.69, 9.17) is 4.74 Å². The highest BCUT2D eigenvalue weighted by Crippen LogP contribution is 2.14. The molecule has 2 N–H and O–H groups in total. The minimum atomic E-state index is -0.0515. The van der Waals surface area contributed by atoms with Crippen molar-refractivity contribution in [3.63, 3.8) is 0 Å². The monoisotopic (exact) mass is 288 g/mol. The second-order valence-corrected chi connectivity index (χ2v) is 5.73. The third-order valence-corrected chi connectivity index (χ3v) is 3.31. The highest BCUT2D eigenvalue weighted by Gasteiger charge is 2.09. The lowest BCUT2D eigenvalue weighted by atomic mass is 10.1. The molecule has 0 unspecified atom stereocenters. The van der Waals surface area contributed by atoms with Crippen LogP contribution >= 0.6 is 0 Å². The van der Waals surface area contributed by atoms with Crippen LogP contribution in [0.2, 0.25) is 0 Å². The lowest BCUT2D eigenvalue weighted by molar-refractivity contribution is 0.0956. The predicted octanol–water partition coefficient (Wildman–Crippen LogP) is 2.37. The van der Waals surface area contributed by atoms with Gasteiger partial charge in [-0.3, -0.25) is 4.79 Å². The van der Waals surface area contributed by atoms with Gasteiger partial charge in [0.25, 0.3) is 5.91 Å². The van der Waals surface area contributed by atoms with Crippen LogP contribution < -0.4 is 15.4 Å². The molecule has 0 aliphatic carbocycles. The lowest BCUT2D eigenvalue weighted by Crippen LogP contribution is -2.29. The molecule has 0 atom stereocenters. The Labute approximate surface area is 126 Å². The van der Waals surface area contributed by atoms with E-state index >= 15 is 0 Å². The van der Waals surface area contributed by atoms with Crippen LogP contribution in [0, 0.1) is 5.92 Å². The Hall–Kier alpha value is -1.81. The standard InChI is InChI=1S/C17H24N2O2/c1-13(2)12-21-16-5-3-4-15(10-16)17(20)19-11-14-6-8-18-9-7-14/h3-6,10,13,18H,7-9,11-12H2,1-2H3,(H,19,20). The second kappa shape index (κ2) is 7.84. The van der Waals surface area contributed by atoms with E-state index in [9.17, 15) is 4.79 Å². The van der Waals surface area contributed by atoms with Gasteiger partial charge in [0, 0.05) is 18.7 Å². The summed E-state index contributed by atoms with van der Waals surface area (Å²) < 4.78 is 5.65. The molecule has 21 heavy (non-hydrogen) atoms. The molecule has 0 bridgehead atoms. The Morgan fingerprint density at radius 1 is 1.43 bits per heavy atom. The van der Waals surface area contributed by atoms with E-state index in [-0.39, 0.29) is 5.91 Å². The molecule has 1 heterocycles. The minimum Gasteiger partial charge on any atom is -0.493 e. The first-order chi connectivity index (χ1) is 10.1. The number of carbonyl (C=O) groups is 1. The third kappa shape index (κ3) is 5.23. The molecule has 4 heteroatoms. The SMILES string of the molecule is CC(C)COc1cccc(C(=O)NCC2=CCNCC2)c1. The van der Waals surface area contributed by atoms with Crippen molar-refractivity contribution in [2.24, 2.45) is 5.92 Å². The van der Waals surface area contributed by atoms with Crippen LogP contribution in [0.3, 0.4) is 0 Å². The summed E-state index contributed by atoms with van der Waals surface area (Å²) in [6, 6.07) is 7.35. The molecule has 1 amide bonds. The van der Waals surface area contributed by atoms with Crippen molar-refractivity contribution in [3.05, 3.63) is 41.5 Å². The van der Waals surface area contributed by atoms with E-state index in [1.54, 1.807) is 6.07 Å². The zero-order valence-electron chi connectivity index (χ0n) is 12.8. The summed E-state index contributed by atoms with van der Waals surface area (Å²) in [5.74, 6) is 1.16. The molecule has 0 fully saturated rings. The molecule has 0 aromatic heterocycles. The van der Waals surface area contributed by atoms with E-state index in [2.05, 4.69) is 30.6 Å². The van der Waals surface area contributed by atoms with Gasteiger partial charge < -0.3 is 15.4 Å². The van der Waals surface area contributed by atoms with Crippen LogP contribution in [-0.4, -0.2) is 32.1 Å². The summed E-state index contributed by atoms with van der Waals surface area (Å²) in [5, 5.41) is 6.23. The van der Waals surface area contributed by atoms with Gasteiger partial charge in [-0.2, -0.15) is 0 Å². The molecule has 0 saturated heterocycles. The Morgan fingerprint density at radius 3 is 3.00 bits per heavy atom. The summed E-state index contributed by atoms with van der Waals surface area (Å²) in [4.78, 5) is 12.2. The van der Waals surface area contributed by atoms with Gasteiger partial charge >= 0.3 is 0 Å². The first kappa shape index (κ1) is 15.6. The summed E-state index contributed by atoms with van der Waals surface area (Å²) in [5.41, 5.74) is 1.93. The Bertz CT molecular complexity index is 509. The van der Waals surface area contributed by atoms with E-state index in [0.29, 0.717) is 24.6 Å². The van der Waals surface area contributed by atoms with Gasteiger partial charge in [0.15, 0.2) is 0 Å². The highest BCUT2D eigenvalue weighted by molar-refractivity contribution is 5.94. The number of ether oxygens (including phenoxy) is 1. The molecule has 0 radical (unpaired) electrons. The number of hydrogen-bond donors (Lipinski definition) is 2. The summed E-state index contributed by atoms with van der Waals surface area (Å²) >= 11 is 0. The van der Waals surface area contributed by atoms with Crippen molar-refractivity contribution in [2.45, 2.75) is 20.3 Å². The fraction of sp³-hybridized carbons (Fsp3) is 0.471. The van der Waals surface area contributed by atoms with Crippen molar-refractivity contribution >= 4 is 5.91 Å². The molecule has 114 valence electrons.